The molecule has 0 saturated heterocycles. The van der Waals surface area contributed by atoms with Crippen LogP contribution in [0.5, 0.6) is 5.75 Å². The first-order chi connectivity index (χ1) is 13.6. The van der Waals surface area contributed by atoms with Gasteiger partial charge in [0.05, 0.1) is 13.2 Å². The van der Waals surface area contributed by atoms with Crippen molar-refractivity contribution < 1.29 is 13.9 Å². The van der Waals surface area contributed by atoms with Gasteiger partial charge < -0.3 is 4.74 Å². The smallest absolute Gasteiger partial charge is 0.279 e. The molecular weight excluding hydrogens is 357 g/mol. The van der Waals surface area contributed by atoms with E-state index in [4.69, 9.17) is 4.74 Å². The van der Waals surface area contributed by atoms with Gasteiger partial charge in [-0.3, -0.25) is 14.8 Å². The summed E-state index contributed by atoms with van der Waals surface area (Å²) in [7, 11) is 1.60. The fourth-order valence-corrected chi connectivity index (χ4v) is 3.72. The molecule has 28 heavy (non-hydrogen) atoms. The number of hydrogen-bond acceptors (Lipinski definition) is 3. The van der Waals surface area contributed by atoms with E-state index in [-0.39, 0.29) is 17.8 Å². The second kappa shape index (κ2) is 7.46. The largest absolute Gasteiger partial charge is 0.497 e. The molecule has 2 heterocycles. The zero-order valence-corrected chi connectivity index (χ0v) is 15.9. The highest BCUT2D eigenvalue weighted by Crippen LogP contribution is 2.43. The van der Waals surface area contributed by atoms with Gasteiger partial charge in [0.2, 0.25) is 0 Å². The first kappa shape index (κ1) is 18.2. The number of nitrogens with one attached hydrogen (secondary N) is 1. The maximum Gasteiger partial charge on any atom is 0.279 e. The molecule has 0 saturated carbocycles. The molecule has 4 rings (SSSR count). The second-order valence-electron chi connectivity index (χ2n) is 6.90. The zero-order chi connectivity index (χ0) is 19.7. The molecule has 1 atom stereocenters. The molecule has 1 aliphatic heterocycles. The minimum atomic E-state index is -0.345. The van der Waals surface area contributed by atoms with E-state index in [0.29, 0.717) is 5.69 Å². The van der Waals surface area contributed by atoms with E-state index >= 15 is 0 Å². The average molecular weight is 379 g/mol. The third-order valence-electron chi connectivity index (χ3n) is 5.15. The first-order valence-electron chi connectivity index (χ1n) is 9.44. The fourth-order valence-electron chi connectivity index (χ4n) is 3.72. The highest BCUT2D eigenvalue weighted by molar-refractivity contribution is 6.10. The van der Waals surface area contributed by atoms with Gasteiger partial charge in [0, 0.05) is 16.9 Å². The number of methoxy groups -OCH3 is 1. The van der Waals surface area contributed by atoms with Gasteiger partial charge in [0.15, 0.2) is 5.69 Å². The third-order valence-corrected chi connectivity index (χ3v) is 5.15. The number of aromatic amines is 1. The quantitative estimate of drug-likeness (QED) is 0.678. The Kier molecular flexibility index (Phi) is 4.86. The van der Waals surface area contributed by atoms with E-state index in [1.807, 2.05) is 24.3 Å². The van der Waals surface area contributed by atoms with Crippen molar-refractivity contribution in [1.82, 2.24) is 10.2 Å². The highest BCUT2D eigenvalue weighted by Gasteiger charge is 2.42. The monoisotopic (exact) mass is 379 g/mol. The number of ether oxygens (including phenoxy) is 1. The lowest BCUT2D eigenvalue weighted by atomic mass is 9.96. The lowest BCUT2D eigenvalue weighted by Gasteiger charge is -2.26. The predicted octanol–water partition coefficient (Wildman–Crippen LogP) is 4.65. The molecular formula is C22H22FN3O2. The van der Waals surface area contributed by atoms with E-state index in [2.05, 4.69) is 17.1 Å². The number of unbranched alkanes of at least 4 members (excludes halogenated alkanes) is 1. The number of aromatic nitrogens is 2. The van der Waals surface area contributed by atoms with Gasteiger partial charge in [0.1, 0.15) is 11.6 Å². The van der Waals surface area contributed by atoms with Crippen molar-refractivity contribution >= 4 is 11.6 Å². The number of carbonyl (C=O) groups is 1. The Bertz CT molecular complexity index is 980. The summed E-state index contributed by atoms with van der Waals surface area (Å²) >= 11 is 0. The topological polar surface area (TPSA) is 58.2 Å². The molecule has 1 amide bonds. The molecule has 5 nitrogen and oxygen atoms in total. The van der Waals surface area contributed by atoms with Crippen LogP contribution in [0.3, 0.4) is 0 Å². The van der Waals surface area contributed by atoms with E-state index in [0.717, 1.165) is 47.5 Å². The highest BCUT2D eigenvalue weighted by atomic mass is 19.1. The molecule has 1 unspecified atom stereocenters. The molecule has 3 aromatic rings. The Hall–Kier alpha value is -3.15. The SMILES string of the molecule is CCCCc1[nH]nc2c1C(c1ccc(F)cc1)N(c1ccc(OC)cc1)C2=O. The number of benzene rings is 2. The van der Waals surface area contributed by atoms with Crippen LogP contribution >= 0.6 is 0 Å². The second-order valence-corrected chi connectivity index (χ2v) is 6.90. The molecule has 0 bridgehead atoms. The molecule has 144 valence electrons. The van der Waals surface area contributed by atoms with Crippen molar-refractivity contribution in [1.29, 1.82) is 0 Å². The van der Waals surface area contributed by atoms with Crippen LogP contribution in [-0.2, 0) is 6.42 Å². The van der Waals surface area contributed by atoms with Crippen LogP contribution in [0.4, 0.5) is 10.1 Å². The van der Waals surface area contributed by atoms with Gasteiger partial charge in [-0.15, -0.1) is 0 Å². The van der Waals surface area contributed by atoms with Crippen molar-refractivity contribution in [3.63, 3.8) is 0 Å². The van der Waals surface area contributed by atoms with Crippen LogP contribution < -0.4 is 9.64 Å². The van der Waals surface area contributed by atoms with E-state index in [1.54, 1.807) is 24.1 Å². The van der Waals surface area contributed by atoms with Crippen LogP contribution in [0.15, 0.2) is 48.5 Å². The van der Waals surface area contributed by atoms with Crippen molar-refractivity contribution in [2.75, 3.05) is 12.0 Å². The average Bonchev–Trinajstić information content (AvgIpc) is 3.26. The van der Waals surface area contributed by atoms with Gasteiger partial charge in [-0.1, -0.05) is 25.5 Å². The summed E-state index contributed by atoms with van der Waals surface area (Å²) in [6, 6.07) is 13.3. The number of aryl methyl sites for hydroxylation is 1. The maximum absolute atomic E-state index is 13.5. The number of nitrogens with zero attached hydrogens (tertiary/aromatic N) is 2. The number of fused-ring (bicyclic) bond motifs is 1. The van der Waals surface area contributed by atoms with E-state index in [9.17, 15) is 9.18 Å². The zero-order valence-electron chi connectivity index (χ0n) is 15.9. The number of amides is 1. The molecule has 0 aliphatic carbocycles. The molecule has 1 N–H and O–H groups in total. The number of carbonyl (C=O) groups excluding carboxylic acids is 1. The summed E-state index contributed by atoms with van der Waals surface area (Å²) in [5.74, 6) is 0.256. The Balaban J connectivity index is 1.83. The van der Waals surface area contributed by atoms with Gasteiger partial charge in [-0.2, -0.15) is 5.10 Å². The molecule has 0 spiro atoms. The van der Waals surface area contributed by atoms with Crippen LogP contribution in [-0.4, -0.2) is 23.2 Å². The van der Waals surface area contributed by atoms with E-state index in [1.165, 1.54) is 12.1 Å². The number of hydrogen-bond donors (Lipinski definition) is 1. The van der Waals surface area contributed by atoms with Crippen molar-refractivity contribution in [3.8, 4) is 5.75 Å². The van der Waals surface area contributed by atoms with Crippen molar-refractivity contribution in [2.24, 2.45) is 0 Å². The first-order valence-corrected chi connectivity index (χ1v) is 9.44. The van der Waals surface area contributed by atoms with E-state index < -0.39 is 0 Å². The minimum Gasteiger partial charge on any atom is -0.497 e. The summed E-state index contributed by atoms with van der Waals surface area (Å²) in [6.45, 7) is 2.13. The maximum atomic E-state index is 13.5. The number of halogens is 1. The summed E-state index contributed by atoms with van der Waals surface area (Å²) < 4.78 is 18.8. The molecule has 0 fully saturated rings. The molecule has 1 aliphatic rings. The molecule has 0 radical (unpaired) electrons. The standard InChI is InChI=1S/C22H22FN3O2/c1-3-4-5-18-19-20(25-24-18)22(27)26(16-10-12-17(28-2)13-11-16)21(19)14-6-8-15(23)9-7-14/h6-13,21H,3-5H2,1-2H3,(H,24,25). The normalized spacial score (nSPS) is 15.8. The van der Waals surface area contributed by atoms with Gasteiger partial charge in [0.25, 0.3) is 5.91 Å². The van der Waals surface area contributed by atoms with Gasteiger partial charge in [-0.05, 0) is 54.8 Å². The summed E-state index contributed by atoms with van der Waals surface area (Å²) in [6.07, 6.45) is 2.87. The number of H-pyrrole nitrogens is 1. The van der Waals surface area contributed by atoms with Crippen molar-refractivity contribution in [2.45, 2.75) is 32.2 Å². The Labute approximate surface area is 163 Å². The molecule has 6 heteroatoms. The van der Waals surface area contributed by atoms with Crippen LogP contribution in [0, 0.1) is 5.82 Å². The summed E-state index contributed by atoms with van der Waals surface area (Å²) in [4.78, 5) is 15.0. The Morgan fingerprint density at radius 2 is 1.86 bits per heavy atom. The van der Waals surface area contributed by atoms with Crippen LogP contribution in [0.2, 0.25) is 0 Å². The van der Waals surface area contributed by atoms with Crippen LogP contribution in [0.25, 0.3) is 0 Å². The van der Waals surface area contributed by atoms with Crippen molar-refractivity contribution in [3.05, 3.63) is 76.9 Å². The Morgan fingerprint density at radius 3 is 2.50 bits per heavy atom. The molecule has 1 aromatic heterocycles. The summed E-state index contributed by atoms with van der Waals surface area (Å²) in [5.41, 5.74) is 3.90. The lowest BCUT2D eigenvalue weighted by Crippen LogP contribution is -2.29. The van der Waals surface area contributed by atoms with Gasteiger partial charge >= 0.3 is 0 Å². The van der Waals surface area contributed by atoms with Crippen LogP contribution in [0.1, 0.15) is 53.1 Å². The number of anilines is 1. The fraction of sp³-hybridized carbons (Fsp3) is 0.273. The summed E-state index contributed by atoms with van der Waals surface area (Å²) in [5, 5.41) is 7.37. The minimum absolute atomic E-state index is 0.159. The van der Waals surface area contributed by atoms with Gasteiger partial charge in [-0.25, -0.2) is 4.39 Å². The predicted molar refractivity (Wildman–Crippen MR) is 105 cm³/mol. The number of rotatable bonds is 6. The molecule has 2 aromatic carbocycles. The third kappa shape index (κ3) is 3.05. The Morgan fingerprint density at radius 1 is 1.14 bits per heavy atom. The lowest BCUT2D eigenvalue weighted by molar-refractivity contribution is 0.0988.